The largest absolute Gasteiger partial charge is 0.462 e. The van der Waals surface area contributed by atoms with E-state index in [2.05, 4.69) is 29.6 Å². The van der Waals surface area contributed by atoms with Crippen molar-refractivity contribution in [3.8, 4) is 17.1 Å². The summed E-state index contributed by atoms with van der Waals surface area (Å²) in [5, 5.41) is 0.325. The Labute approximate surface area is 238 Å². The molecule has 0 saturated carbocycles. The van der Waals surface area contributed by atoms with Crippen molar-refractivity contribution in [1.82, 2.24) is 19.8 Å². The number of nitrogens with zero attached hydrogens (tertiary/aromatic N) is 5. The van der Waals surface area contributed by atoms with Crippen LogP contribution in [0.2, 0.25) is 0 Å². The van der Waals surface area contributed by atoms with Crippen LogP contribution in [0.1, 0.15) is 43.2 Å². The molecular formula is C32H35F2N5O2. The van der Waals surface area contributed by atoms with Crippen LogP contribution in [0, 0.1) is 11.6 Å². The van der Waals surface area contributed by atoms with Gasteiger partial charge in [0.2, 0.25) is 5.91 Å². The monoisotopic (exact) mass is 559 g/mol. The van der Waals surface area contributed by atoms with Gasteiger partial charge in [-0.2, -0.15) is 9.97 Å². The first-order valence-electron chi connectivity index (χ1n) is 14.8. The first kappa shape index (κ1) is 26.3. The third kappa shape index (κ3) is 4.36. The molecule has 3 aromatic rings. The number of fused-ring (bicyclic) bond motifs is 3. The van der Waals surface area contributed by atoms with Crippen molar-refractivity contribution in [3.63, 3.8) is 0 Å². The van der Waals surface area contributed by atoms with E-state index in [-0.39, 0.29) is 41.1 Å². The summed E-state index contributed by atoms with van der Waals surface area (Å²) in [5.74, 6) is -0.940. The van der Waals surface area contributed by atoms with Crippen molar-refractivity contribution >= 4 is 22.6 Å². The van der Waals surface area contributed by atoms with Crippen LogP contribution in [0.4, 0.5) is 14.6 Å². The summed E-state index contributed by atoms with van der Waals surface area (Å²) in [6.45, 7) is 6.17. The van der Waals surface area contributed by atoms with Crippen LogP contribution in [-0.4, -0.2) is 77.1 Å². The van der Waals surface area contributed by atoms with E-state index in [0.717, 1.165) is 62.6 Å². The molecule has 3 saturated heterocycles. The summed E-state index contributed by atoms with van der Waals surface area (Å²) < 4.78 is 38.6. The number of hydrogen-bond donors (Lipinski definition) is 0. The Morgan fingerprint density at radius 3 is 2.78 bits per heavy atom. The van der Waals surface area contributed by atoms with E-state index >= 15 is 8.78 Å². The second-order valence-electron chi connectivity index (χ2n) is 11.8. The number of halogens is 2. The first-order valence-corrected chi connectivity index (χ1v) is 14.8. The van der Waals surface area contributed by atoms with Gasteiger partial charge in [0.1, 0.15) is 23.8 Å². The van der Waals surface area contributed by atoms with E-state index in [9.17, 15) is 4.79 Å². The maximum atomic E-state index is 16.5. The maximum Gasteiger partial charge on any atom is 0.319 e. The van der Waals surface area contributed by atoms with Gasteiger partial charge in [0.05, 0.1) is 17.6 Å². The van der Waals surface area contributed by atoms with E-state index < -0.39 is 11.6 Å². The molecule has 0 N–H and O–H groups in total. The molecule has 3 aliphatic heterocycles. The van der Waals surface area contributed by atoms with Gasteiger partial charge < -0.3 is 19.4 Å². The minimum Gasteiger partial charge on any atom is -0.462 e. The summed E-state index contributed by atoms with van der Waals surface area (Å²) in [5.41, 5.74) is 2.82. The van der Waals surface area contributed by atoms with Crippen molar-refractivity contribution in [3.05, 3.63) is 59.7 Å². The zero-order valence-electron chi connectivity index (χ0n) is 23.4. The minimum atomic E-state index is -0.683. The van der Waals surface area contributed by atoms with Crippen LogP contribution in [0.5, 0.6) is 6.01 Å². The molecule has 7 rings (SSSR count). The van der Waals surface area contributed by atoms with Crippen LogP contribution in [0.3, 0.4) is 0 Å². The quantitative estimate of drug-likeness (QED) is 0.401. The molecule has 214 valence electrons. The number of ether oxygens (including phenoxy) is 1. The van der Waals surface area contributed by atoms with Crippen molar-refractivity contribution in [1.29, 1.82) is 0 Å². The van der Waals surface area contributed by atoms with Gasteiger partial charge in [-0.1, -0.05) is 24.8 Å². The molecule has 0 spiro atoms. The van der Waals surface area contributed by atoms with Crippen molar-refractivity contribution in [2.75, 3.05) is 38.2 Å². The Balaban J connectivity index is 1.32. The van der Waals surface area contributed by atoms with E-state index in [1.54, 1.807) is 0 Å². The third-order valence-electron chi connectivity index (χ3n) is 9.61. The summed E-state index contributed by atoms with van der Waals surface area (Å²) in [6.07, 6.45) is 8.01. The number of likely N-dealkylation sites (N-methyl/N-ethyl adjacent to an activating group) is 1. The van der Waals surface area contributed by atoms with Crippen molar-refractivity contribution in [2.24, 2.45) is 0 Å². The molecule has 1 amide bonds. The molecule has 7 nitrogen and oxygen atoms in total. The summed E-state index contributed by atoms with van der Waals surface area (Å²) >= 11 is 0. The van der Waals surface area contributed by atoms with Crippen LogP contribution in [-0.2, 0) is 17.6 Å². The molecule has 9 heteroatoms. The number of aromatic nitrogens is 2. The van der Waals surface area contributed by atoms with Gasteiger partial charge in [0, 0.05) is 24.5 Å². The van der Waals surface area contributed by atoms with Crippen molar-refractivity contribution < 1.29 is 18.3 Å². The van der Waals surface area contributed by atoms with Crippen molar-refractivity contribution in [2.45, 2.75) is 63.1 Å². The highest BCUT2D eigenvalue weighted by molar-refractivity contribution is 5.95. The minimum absolute atomic E-state index is 0.0118. The van der Waals surface area contributed by atoms with E-state index in [4.69, 9.17) is 9.72 Å². The molecule has 2 aromatic carbocycles. The number of anilines is 1. The average Bonchev–Trinajstić information content (AvgIpc) is 3.53. The topological polar surface area (TPSA) is 61.8 Å². The Hall–Kier alpha value is -3.59. The molecule has 4 heterocycles. The molecule has 0 radical (unpaired) electrons. The predicted molar refractivity (Wildman–Crippen MR) is 154 cm³/mol. The number of benzene rings is 2. The predicted octanol–water partition coefficient (Wildman–Crippen LogP) is 4.90. The Morgan fingerprint density at radius 2 is 1.98 bits per heavy atom. The zero-order chi connectivity index (χ0) is 28.2. The Morgan fingerprint density at radius 1 is 1.12 bits per heavy atom. The molecule has 0 bridgehead atoms. The fourth-order valence-electron chi connectivity index (χ4n) is 7.32. The number of carbonyl (C=O) groups is 1. The lowest BCUT2D eigenvalue weighted by Crippen LogP contribution is -2.63. The fourth-order valence-corrected chi connectivity index (χ4v) is 7.32. The van der Waals surface area contributed by atoms with Crippen LogP contribution in [0.15, 0.2) is 36.9 Å². The van der Waals surface area contributed by atoms with E-state index in [1.807, 2.05) is 21.9 Å². The molecular weight excluding hydrogens is 524 g/mol. The number of amides is 1. The van der Waals surface area contributed by atoms with Gasteiger partial charge in [-0.3, -0.25) is 4.79 Å². The molecule has 1 unspecified atom stereocenters. The highest BCUT2D eigenvalue weighted by atomic mass is 19.1. The third-order valence-corrected chi connectivity index (χ3v) is 9.61. The number of hydrogen-bond acceptors (Lipinski definition) is 6. The Kier molecular flexibility index (Phi) is 6.64. The van der Waals surface area contributed by atoms with Gasteiger partial charge >= 0.3 is 6.01 Å². The summed E-state index contributed by atoms with van der Waals surface area (Å²) in [6, 6.07) is 7.51. The molecule has 4 aliphatic rings. The standard InChI is InChI=1S/C32H35F2N5O2/c1-3-27(40)38-15-13-25-26(38)17-39(25)31-23-16-24(33)28(22-12-6-9-19-8-4-5-11-21(19)22)29(34)30(23)35-32(36-31)41-18-20-10-7-14-37(20)2/h3,6,9,12,16,20,25-26H,1,4-5,7-8,10-11,13-15,17-18H2,2H3/t20-,25?,26+/m0/s1. The maximum absolute atomic E-state index is 16.5. The SMILES string of the molecule is C=CC(=O)N1CCC2[C@H]1CN2c1nc(OC[C@@H]2CCCN2C)nc2c(F)c(-c3cccc4c3CCCC4)c(F)cc12. The zero-order valence-corrected chi connectivity index (χ0v) is 23.4. The average molecular weight is 560 g/mol. The lowest BCUT2D eigenvalue weighted by atomic mass is 9.85. The normalized spacial score (nSPS) is 23.8. The molecule has 3 fully saturated rings. The molecule has 3 atom stereocenters. The highest BCUT2D eigenvalue weighted by Gasteiger charge is 2.49. The van der Waals surface area contributed by atoms with Crippen LogP contribution >= 0.6 is 0 Å². The van der Waals surface area contributed by atoms with E-state index in [0.29, 0.717) is 36.5 Å². The number of likely N-dealkylation sites (tertiary alicyclic amines) is 2. The number of rotatable bonds is 6. The number of carbonyl (C=O) groups excluding carboxylic acids is 1. The second kappa shape index (κ2) is 10.4. The summed E-state index contributed by atoms with van der Waals surface area (Å²) in [7, 11) is 2.07. The van der Waals surface area contributed by atoms with Crippen LogP contribution < -0.4 is 9.64 Å². The first-order chi connectivity index (χ1) is 19.9. The molecule has 1 aliphatic carbocycles. The second-order valence-corrected chi connectivity index (χ2v) is 11.8. The van der Waals surface area contributed by atoms with Gasteiger partial charge in [-0.25, -0.2) is 8.78 Å². The van der Waals surface area contributed by atoms with Crippen LogP contribution in [0.25, 0.3) is 22.0 Å². The lowest BCUT2D eigenvalue weighted by Gasteiger charge is -2.47. The Bertz CT molecular complexity index is 1540. The van der Waals surface area contributed by atoms with E-state index in [1.165, 1.54) is 12.1 Å². The molecule has 1 aromatic heterocycles. The molecule has 41 heavy (non-hydrogen) atoms. The van der Waals surface area contributed by atoms with Gasteiger partial charge in [0.15, 0.2) is 5.82 Å². The summed E-state index contributed by atoms with van der Waals surface area (Å²) in [4.78, 5) is 27.7. The smallest absolute Gasteiger partial charge is 0.319 e. The lowest BCUT2D eigenvalue weighted by molar-refractivity contribution is -0.127. The van der Waals surface area contributed by atoms with Gasteiger partial charge in [-0.15, -0.1) is 0 Å². The highest BCUT2D eigenvalue weighted by Crippen LogP contribution is 2.43. The number of aryl methyl sites for hydroxylation is 1. The van der Waals surface area contributed by atoms with Gasteiger partial charge in [-0.05, 0) is 87.4 Å². The fraction of sp³-hybridized carbons (Fsp3) is 0.469. The van der Waals surface area contributed by atoms with Gasteiger partial charge in [0.25, 0.3) is 0 Å².